The number of nitrogens with one attached hydrogen (secondary N) is 1. The lowest BCUT2D eigenvalue weighted by Crippen LogP contribution is -2.29. The fraction of sp³-hybridized carbons (Fsp3) is 0.429. The molecule has 0 bridgehead atoms. The Morgan fingerprint density at radius 3 is 2.63 bits per heavy atom. The molecule has 0 heterocycles. The van der Waals surface area contributed by atoms with E-state index in [0.29, 0.717) is 5.69 Å². The van der Waals surface area contributed by atoms with Gasteiger partial charge in [0.1, 0.15) is 18.1 Å². The predicted molar refractivity (Wildman–Crippen MR) is 68.7 cm³/mol. The monoisotopic (exact) mass is 265 g/mol. The minimum Gasteiger partial charge on any atom is -0.443 e. The molecule has 1 saturated carbocycles. The van der Waals surface area contributed by atoms with E-state index in [1.54, 1.807) is 24.3 Å². The Kier molecular flexibility index (Phi) is 4.49. The fourth-order valence-corrected chi connectivity index (χ4v) is 2.03. The van der Waals surface area contributed by atoms with E-state index in [0.717, 1.165) is 0 Å². The standard InChI is InChI=1S/C14H16FNO3/c15-12-8-6-11(17)7-9-13(12)19-14(18)16-10-4-2-1-3-5-10/h1-5,12-13H,6-9H2,(H,16,18)/t12-,13-/m1/s1. The first-order valence-corrected chi connectivity index (χ1v) is 6.33. The topological polar surface area (TPSA) is 55.4 Å². The van der Waals surface area contributed by atoms with E-state index >= 15 is 0 Å². The number of ether oxygens (including phenoxy) is 1. The minimum absolute atomic E-state index is 0.0252. The number of rotatable bonds is 2. The van der Waals surface area contributed by atoms with Gasteiger partial charge in [0.05, 0.1) is 0 Å². The first-order chi connectivity index (χ1) is 9.15. The average molecular weight is 265 g/mol. The van der Waals surface area contributed by atoms with E-state index in [9.17, 15) is 14.0 Å². The maximum atomic E-state index is 13.7. The molecule has 4 nitrogen and oxygen atoms in total. The van der Waals surface area contributed by atoms with E-state index in [2.05, 4.69) is 5.32 Å². The molecule has 102 valence electrons. The van der Waals surface area contributed by atoms with Gasteiger partial charge in [-0.25, -0.2) is 9.18 Å². The van der Waals surface area contributed by atoms with Crippen molar-refractivity contribution in [2.24, 2.45) is 0 Å². The lowest BCUT2D eigenvalue weighted by atomic mass is 10.1. The second-order valence-corrected chi connectivity index (χ2v) is 4.57. The molecule has 1 aromatic rings. The molecule has 0 aromatic heterocycles. The first-order valence-electron chi connectivity index (χ1n) is 6.33. The average Bonchev–Trinajstić information content (AvgIpc) is 2.55. The Bertz CT molecular complexity index is 449. The largest absolute Gasteiger partial charge is 0.443 e. The van der Waals surface area contributed by atoms with Crippen molar-refractivity contribution >= 4 is 17.6 Å². The Labute approximate surface area is 110 Å². The van der Waals surface area contributed by atoms with Gasteiger partial charge in [-0.2, -0.15) is 0 Å². The van der Waals surface area contributed by atoms with Crippen molar-refractivity contribution in [3.63, 3.8) is 0 Å². The molecule has 2 rings (SSSR count). The van der Waals surface area contributed by atoms with E-state index < -0.39 is 18.4 Å². The molecule has 0 radical (unpaired) electrons. The number of carbonyl (C=O) groups excluding carboxylic acids is 2. The minimum atomic E-state index is -1.27. The summed E-state index contributed by atoms with van der Waals surface area (Å²) in [6, 6.07) is 8.80. The number of halogens is 1. The number of benzene rings is 1. The van der Waals surface area contributed by atoms with Crippen molar-refractivity contribution in [2.75, 3.05) is 5.32 Å². The SMILES string of the molecule is O=C1CC[C@@H](F)[C@H](OC(=O)Nc2ccccc2)CC1. The normalized spacial score (nSPS) is 23.5. The quantitative estimate of drug-likeness (QED) is 0.836. The molecule has 2 atom stereocenters. The first kappa shape index (κ1) is 13.5. The lowest BCUT2D eigenvalue weighted by molar-refractivity contribution is -0.119. The maximum Gasteiger partial charge on any atom is 0.411 e. The van der Waals surface area contributed by atoms with Gasteiger partial charge in [0, 0.05) is 18.5 Å². The van der Waals surface area contributed by atoms with Gasteiger partial charge in [0.25, 0.3) is 0 Å². The molecule has 1 fully saturated rings. The van der Waals surface area contributed by atoms with Crippen LogP contribution in [0, 0.1) is 0 Å². The molecule has 1 aliphatic carbocycles. The van der Waals surface area contributed by atoms with Gasteiger partial charge in [0.15, 0.2) is 0 Å². The molecular formula is C14H16FNO3. The van der Waals surface area contributed by atoms with Crippen LogP contribution in [0.3, 0.4) is 0 Å². The summed E-state index contributed by atoms with van der Waals surface area (Å²) in [6.45, 7) is 0. The summed E-state index contributed by atoms with van der Waals surface area (Å²) in [5, 5.41) is 2.53. The number of ketones is 1. The van der Waals surface area contributed by atoms with Crippen LogP contribution in [-0.2, 0) is 9.53 Å². The molecule has 5 heteroatoms. The predicted octanol–water partition coefficient (Wildman–Crippen LogP) is 3.08. The van der Waals surface area contributed by atoms with Crippen molar-refractivity contribution < 1.29 is 18.7 Å². The molecule has 1 aliphatic rings. The van der Waals surface area contributed by atoms with E-state index in [1.807, 2.05) is 6.07 Å². The Morgan fingerprint density at radius 2 is 1.89 bits per heavy atom. The molecular weight excluding hydrogens is 249 g/mol. The third-order valence-corrected chi connectivity index (χ3v) is 3.09. The van der Waals surface area contributed by atoms with Gasteiger partial charge in [-0.3, -0.25) is 10.1 Å². The second kappa shape index (κ2) is 6.31. The smallest absolute Gasteiger partial charge is 0.411 e. The number of carbonyl (C=O) groups is 2. The zero-order valence-electron chi connectivity index (χ0n) is 10.5. The summed E-state index contributed by atoms with van der Waals surface area (Å²) < 4.78 is 18.8. The molecule has 0 aliphatic heterocycles. The van der Waals surface area contributed by atoms with Crippen LogP contribution in [0.15, 0.2) is 30.3 Å². The van der Waals surface area contributed by atoms with Crippen molar-refractivity contribution in [1.82, 2.24) is 0 Å². The molecule has 1 amide bonds. The van der Waals surface area contributed by atoms with Crippen molar-refractivity contribution in [1.29, 1.82) is 0 Å². The summed E-state index contributed by atoms with van der Waals surface area (Å²) in [6.07, 6.45) is -1.92. The molecule has 19 heavy (non-hydrogen) atoms. The summed E-state index contributed by atoms with van der Waals surface area (Å²) in [4.78, 5) is 22.9. The zero-order chi connectivity index (χ0) is 13.7. The number of amides is 1. The highest BCUT2D eigenvalue weighted by Crippen LogP contribution is 2.21. The molecule has 0 saturated heterocycles. The Hall–Kier alpha value is -1.91. The van der Waals surface area contributed by atoms with Crippen molar-refractivity contribution in [2.45, 2.75) is 38.0 Å². The van der Waals surface area contributed by atoms with Crippen LogP contribution in [0.25, 0.3) is 0 Å². The summed E-state index contributed by atoms with van der Waals surface area (Å²) in [7, 11) is 0. The van der Waals surface area contributed by atoms with Gasteiger partial charge in [-0.15, -0.1) is 0 Å². The molecule has 1 N–H and O–H groups in total. The lowest BCUT2D eigenvalue weighted by Gasteiger charge is -2.18. The van der Waals surface area contributed by atoms with Crippen LogP contribution in [0.2, 0.25) is 0 Å². The number of hydrogen-bond acceptors (Lipinski definition) is 3. The van der Waals surface area contributed by atoms with Gasteiger partial charge < -0.3 is 4.74 Å². The number of alkyl halides is 1. The van der Waals surface area contributed by atoms with Crippen molar-refractivity contribution in [3.8, 4) is 0 Å². The second-order valence-electron chi connectivity index (χ2n) is 4.57. The summed E-state index contributed by atoms with van der Waals surface area (Å²) >= 11 is 0. The van der Waals surface area contributed by atoms with Crippen molar-refractivity contribution in [3.05, 3.63) is 30.3 Å². The van der Waals surface area contributed by atoms with Crippen LogP contribution in [-0.4, -0.2) is 24.2 Å². The maximum absolute atomic E-state index is 13.7. The number of Topliss-reactive ketones (excluding diaryl/α,β-unsaturated/α-hetero) is 1. The molecule has 1 aromatic carbocycles. The van der Waals surface area contributed by atoms with E-state index in [4.69, 9.17) is 4.74 Å². The Morgan fingerprint density at radius 1 is 1.21 bits per heavy atom. The highest BCUT2D eigenvalue weighted by Gasteiger charge is 2.29. The Balaban J connectivity index is 1.89. The number of para-hydroxylation sites is 1. The van der Waals surface area contributed by atoms with Gasteiger partial charge in [0.2, 0.25) is 0 Å². The van der Waals surface area contributed by atoms with Crippen LogP contribution >= 0.6 is 0 Å². The van der Waals surface area contributed by atoms with Crippen LogP contribution in [0.1, 0.15) is 25.7 Å². The zero-order valence-corrected chi connectivity index (χ0v) is 10.5. The third-order valence-electron chi connectivity index (χ3n) is 3.09. The van der Waals surface area contributed by atoms with Crippen LogP contribution in [0.4, 0.5) is 14.9 Å². The van der Waals surface area contributed by atoms with Gasteiger partial charge in [-0.05, 0) is 25.0 Å². The fourth-order valence-electron chi connectivity index (χ4n) is 2.03. The van der Waals surface area contributed by atoms with Gasteiger partial charge >= 0.3 is 6.09 Å². The summed E-state index contributed by atoms with van der Waals surface area (Å²) in [5.41, 5.74) is 0.590. The van der Waals surface area contributed by atoms with E-state index in [-0.39, 0.29) is 31.5 Å². The molecule has 0 unspecified atom stereocenters. The molecule has 0 spiro atoms. The highest BCUT2D eigenvalue weighted by atomic mass is 19.1. The number of anilines is 1. The third kappa shape index (κ3) is 4.05. The van der Waals surface area contributed by atoms with Gasteiger partial charge in [-0.1, -0.05) is 18.2 Å². The van der Waals surface area contributed by atoms with E-state index in [1.165, 1.54) is 0 Å². The van der Waals surface area contributed by atoms with Crippen LogP contribution < -0.4 is 5.32 Å². The summed E-state index contributed by atoms with van der Waals surface area (Å²) in [5.74, 6) is 0.0252. The van der Waals surface area contributed by atoms with Crippen LogP contribution in [0.5, 0.6) is 0 Å². The highest BCUT2D eigenvalue weighted by molar-refractivity contribution is 5.84. The number of hydrogen-bond donors (Lipinski definition) is 1.